The second-order valence-corrected chi connectivity index (χ2v) is 3.47. The Bertz CT molecular complexity index is 493. The molecule has 0 amide bonds. The Balaban J connectivity index is 2.27. The molecule has 2 aromatic rings. The zero-order valence-electron chi connectivity index (χ0n) is 8.74. The number of nitrogens with one attached hydrogen (secondary N) is 1. The van der Waals surface area contributed by atoms with Crippen LogP contribution in [0, 0.1) is 12.7 Å². The van der Waals surface area contributed by atoms with Crippen LogP contribution in [0.15, 0.2) is 30.6 Å². The zero-order chi connectivity index (χ0) is 11.5. The fraction of sp³-hybridized carbons (Fsp3) is 0.0909. The van der Waals surface area contributed by atoms with Gasteiger partial charge in [0.25, 0.3) is 0 Å². The summed E-state index contributed by atoms with van der Waals surface area (Å²) in [4.78, 5) is 7.74. The Hall–Kier alpha value is -2.17. The van der Waals surface area contributed by atoms with Crippen LogP contribution in [0.4, 0.5) is 21.7 Å². The molecule has 0 radical (unpaired) electrons. The van der Waals surface area contributed by atoms with Crippen molar-refractivity contribution >= 4 is 17.3 Å². The van der Waals surface area contributed by atoms with E-state index in [-0.39, 0.29) is 5.82 Å². The lowest BCUT2D eigenvalue weighted by molar-refractivity contribution is 0.627. The number of nitrogens with two attached hydrogens (primary N) is 1. The van der Waals surface area contributed by atoms with Gasteiger partial charge < -0.3 is 11.1 Å². The number of hydrogen-bond acceptors (Lipinski definition) is 4. The lowest BCUT2D eigenvalue weighted by Gasteiger charge is -2.06. The van der Waals surface area contributed by atoms with Gasteiger partial charge in [0.2, 0.25) is 0 Å². The number of halogens is 1. The van der Waals surface area contributed by atoms with Crippen molar-refractivity contribution in [2.24, 2.45) is 0 Å². The molecule has 82 valence electrons. The molecule has 0 spiro atoms. The van der Waals surface area contributed by atoms with Crippen LogP contribution in [0.25, 0.3) is 0 Å². The maximum atomic E-state index is 13.1. The summed E-state index contributed by atoms with van der Waals surface area (Å²) in [5.74, 6) is 0.618. The lowest BCUT2D eigenvalue weighted by atomic mass is 10.2. The Kier molecular flexibility index (Phi) is 2.68. The average Bonchev–Trinajstić information content (AvgIpc) is 2.15. The predicted molar refractivity (Wildman–Crippen MR) is 60.9 cm³/mol. The highest BCUT2D eigenvalue weighted by Gasteiger charge is 2.00. The first-order valence-electron chi connectivity index (χ1n) is 4.75. The largest absolute Gasteiger partial charge is 0.384 e. The maximum Gasteiger partial charge on any atom is 0.135 e. The van der Waals surface area contributed by atoms with Crippen LogP contribution in [0.1, 0.15) is 5.56 Å². The molecule has 1 aromatic carbocycles. The van der Waals surface area contributed by atoms with Crippen LogP contribution in [-0.4, -0.2) is 9.97 Å². The first-order chi connectivity index (χ1) is 7.63. The van der Waals surface area contributed by atoms with Gasteiger partial charge in [-0.3, -0.25) is 0 Å². The average molecular weight is 218 g/mol. The molecule has 4 nitrogen and oxygen atoms in total. The van der Waals surface area contributed by atoms with Gasteiger partial charge in [0, 0.05) is 11.8 Å². The molecular formula is C11H11FN4. The molecule has 16 heavy (non-hydrogen) atoms. The minimum atomic E-state index is -0.287. The monoisotopic (exact) mass is 218 g/mol. The van der Waals surface area contributed by atoms with Gasteiger partial charge in [0.05, 0.1) is 0 Å². The quantitative estimate of drug-likeness (QED) is 0.811. The summed E-state index contributed by atoms with van der Waals surface area (Å²) in [5, 5.41) is 2.96. The number of rotatable bonds is 2. The van der Waals surface area contributed by atoms with Gasteiger partial charge >= 0.3 is 0 Å². The molecule has 0 aliphatic heterocycles. The smallest absolute Gasteiger partial charge is 0.135 e. The molecule has 0 aliphatic carbocycles. The van der Waals surface area contributed by atoms with Crippen LogP contribution in [0.5, 0.6) is 0 Å². The van der Waals surface area contributed by atoms with Gasteiger partial charge in [-0.05, 0) is 30.7 Å². The van der Waals surface area contributed by atoms with Gasteiger partial charge in [-0.1, -0.05) is 0 Å². The van der Waals surface area contributed by atoms with Crippen molar-refractivity contribution in [3.05, 3.63) is 42.0 Å². The van der Waals surface area contributed by atoms with E-state index in [2.05, 4.69) is 15.3 Å². The molecule has 0 unspecified atom stereocenters. The summed E-state index contributed by atoms with van der Waals surface area (Å²) in [7, 11) is 0. The van der Waals surface area contributed by atoms with Crippen molar-refractivity contribution in [2.45, 2.75) is 6.92 Å². The van der Waals surface area contributed by atoms with E-state index in [0.717, 1.165) is 5.56 Å². The van der Waals surface area contributed by atoms with Crippen molar-refractivity contribution in [2.75, 3.05) is 11.1 Å². The number of benzene rings is 1. The van der Waals surface area contributed by atoms with Crippen molar-refractivity contribution in [3.8, 4) is 0 Å². The Morgan fingerprint density at radius 1 is 1.19 bits per heavy atom. The fourth-order valence-corrected chi connectivity index (χ4v) is 1.40. The molecule has 0 fully saturated rings. The van der Waals surface area contributed by atoms with Crippen LogP contribution >= 0.6 is 0 Å². The minimum absolute atomic E-state index is 0.287. The summed E-state index contributed by atoms with van der Waals surface area (Å²) in [5.41, 5.74) is 6.98. The molecule has 1 aromatic heterocycles. The van der Waals surface area contributed by atoms with E-state index in [1.165, 1.54) is 18.5 Å². The standard InChI is InChI=1S/C11H11FN4/c1-7-2-8(12)4-9(3-7)16-11-5-10(13)14-6-15-11/h2-6H,1H3,(H3,13,14,15,16). The van der Waals surface area contributed by atoms with Crippen LogP contribution < -0.4 is 11.1 Å². The molecule has 5 heteroatoms. The van der Waals surface area contributed by atoms with Crippen LogP contribution in [0.3, 0.4) is 0 Å². The Morgan fingerprint density at radius 2 is 2.00 bits per heavy atom. The second-order valence-electron chi connectivity index (χ2n) is 3.47. The molecule has 0 saturated heterocycles. The lowest BCUT2D eigenvalue weighted by Crippen LogP contribution is -1.97. The van der Waals surface area contributed by atoms with Crippen molar-refractivity contribution in [1.29, 1.82) is 0 Å². The van der Waals surface area contributed by atoms with Crippen molar-refractivity contribution in [3.63, 3.8) is 0 Å². The van der Waals surface area contributed by atoms with Crippen molar-refractivity contribution in [1.82, 2.24) is 9.97 Å². The first-order valence-corrected chi connectivity index (χ1v) is 4.75. The highest BCUT2D eigenvalue weighted by atomic mass is 19.1. The summed E-state index contributed by atoms with van der Waals surface area (Å²) in [6.07, 6.45) is 1.35. The topological polar surface area (TPSA) is 63.8 Å². The maximum absolute atomic E-state index is 13.1. The molecular weight excluding hydrogens is 207 g/mol. The Labute approximate surface area is 92.3 Å². The molecule has 0 aliphatic rings. The van der Waals surface area contributed by atoms with Crippen LogP contribution in [-0.2, 0) is 0 Å². The van der Waals surface area contributed by atoms with E-state index in [1.807, 2.05) is 13.0 Å². The number of aryl methyl sites for hydroxylation is 1. The van der Waals surface area contributed by atoms with E-state index >= 15 is 0 Å². The number of nitrogens with zero attached hydrogens (tertiary/aromatic N) is 2. The molecule has 3 N–H and O–H groups in total. The van der Waals surface area contributed by atoms with E-state index < -0.39 is 0 Å². The molecule has 1 heterocycles. The Morgan fingerprint density at radius 3 is 2.69 bits per heavy atom. The van der Waals surface area contributed by atoms with E-state index in [4.69, 9.17) is 5.73 Å². The zero-order valence-corrected chi connectivity index (χ0v) is 8.74. The number of aromatic nitrogens is 2. The van der Waals surface area contributed by atoms with Gasteiger partial charge in [0.15, 0.2) is 0 Å². The number of nitrogen functional groups attached to an aromatic ring is 1. The normalized spacial score (nSPS) is 10.1. The summed E-state index contributed by atoms with van der Waals surface area (Å²) >= 11 is 0. The van der Waals surface area contributed by atoms with Gasteiger partial charge in [0.1, 0.15) is 23.8 Å². The molecule has 0 atom stereocenters. The molecule has 2 rings (SSSR count). The highest BCUT2D eigenvalue weighted by Crippen LogP contribution is 2.18. The summed E-state index contributed by atoms with van der Waals surface area (Å²) in [6.45, 7) is 1.82. The third-order valence-electron chi connectivity index (χ3n) is 2.00. The van der Waals surface area contributed by atoms with Crippen molar-refractivity contribution < 1.29 is 4.39 Å². The second kappa shape index (κ2) is 4.14. The van der Waals surface area contributed by atoms with E-state index in [1.54, 1.807) is 6.07 Å². The number of hydrogen-bond donors (Lipinski definition) is 2. The van der Waals surface area contributed by atoms with Gasteiger partial charge in [-0.2, -0.15) is 0 Å². The summed E-state index contributed by atoms with van der Waals surface area (Å²) in [6, 6.07) is 6.26. The molecule has 0 bridgehead atoms. The third kappa shape index (κ3) is 2.44. The number of anilines is 3. The van der Waals surface area contributed by atoms with E-state index in [0.29, 0.717) is 17.3 Å². The first kappa shape index (κ1) is 10.4. The minimum Gasteiger partial charge on any atom is -0.384 e. The fourth-order valence-electron chi connectivity index (χ4n) is 1.40. The van der Waals surface area contributed by atoms with Crippen LogP contribution in [0.2, 0.25) is 0 Å². The van der Waals surface area contributed by atoms with E-state index in [9.17, 15) is 4.39 Å². The van der Waals surface area contributed by atoms with Gasteiger partial charge in [-0.15, -0.1) is 0 Å². The third-order valence-corrected chi connectivity index (χ3v) is 2.00. The van der Waals surface area contributed by atoms with Gasteiger partial charge in [-0.25, -0.2) is 14.4 Å². The SMILES string of the molecule is Cc1cc(F)cc(Nc2cc(N)ncn2)c1. The highest BCUT2D eigenvalue weighted by molar-refractivity contribution is 5.58. The summed E-state index contributed by atoms with van der Waals surface area (Å²) < 4.78 is 13.1. The predicted octanol–water partition coefficient (Wildman–Crippen LogP) is 2.25. The molecule has 0 saturated carbocycles.